The van der Waals surface area contributed by atoms with Gasteiger partial charge in [0.2, 0.25) is 0 Å². The van der Waals surface area contributed by atoms with E-state index in [2.05, 4.69) is 0 Å². The molecule has 108 valence electrons. The molecule has 21 heavy (non-hydrogen) atoms. The Labute approximate surface area is 125 Å². The van der Waals surface area contributed by atoms with Gasteiger partial charge < -0.3 is 10.5 Å². The first kappa shape index (κ1) is 14.8. The third-order valence-electron chi connectivity index (χ3n) is 2.91. The molecule has 0 unspecified atom stereocenters. The van der Waals surface area contributed by atoms with Crippen LogP contribution in [0.1, 0.15) is 11.1 Å². The van der Waals surface area contributed by atoms with Crippen LogP contribution in [0, 0.1) is 22.4 Å². The number of nitro groups is 1. The maximum atomic E-state index is 10.9. The van der Waals surface area contributed by atoms with Crippen LogP contribution in [0.25, 0.3) is 0 Å². The fourth-order valence-electron chi connectivity index (χ4n) is 1.78. The number of nitro benzene ring substituents is 1. The minimum atomic E-state index is -0.470. The average Bonchev–Trinajstić information content (AvgIpc) is 2.42. The fourth-order valence-corrected chi connectivity index (χ4v) is 2.00. The van der Waals surface area contributed by atoms with E-state index in [0.29, 0.717) is 22.6 Å². The van der Waals surface area contributed by atoms with Gasteiger partial charge >= 0.3 is 0 Å². The molecule has 0 aliphatic carbocycles. The largest absolute Gasteiger partial charge is 0.455 e. The predicted molar refractivity (Wildman–Crippen MR) is 80.4 cm³/mol. The first-order valence-electron chi connectivity index (χ1n) is 5.96. The van der Waals surface area contributed by atoms with Crippen LogP contribution in [0.15, 0.2) is 36.4 Å². The van der Waals surface area contributed by atoms with E-state index in [1.54, 1.807) is 25.1 Å². The molecule has 0 radical (unpaired) electrons. The van der Waals surface area contributed by atoms with Crippen molar-refractivity contribution in [2.75, 3.05) is 0 Å². The van der Waals surface area contributed by atoms with Crippen LogP contribution in [0.3, 0.4) is 0 Å². The Balaban J connectivity index is 2.37. The third-order valence-corrected chi connectivity index (χ3v) is 3.21. The third kappa shape index (κ3) is 3.11. The van der Waals surface area contributed by atoms with Crippen molar-refractivity contribution in [1.82, 2.24) is 0 Å². The lowest BCUT2D eigenvalue weighted by Crippen LogP contribution is -2.10. The van der Waals surface area contributed by atoms with Crippen LogP contribution < -0.4 is 10.5 Å². The Morgan fingerprint density at radius 2 is 2.05 bits per heavy atom. The summed E-state index contributed by atoms with van der Waals surface area (Å²) in [5.74, 6) is 0.585. The summed E-state index contributed by atoms with van der Waals surface area (Å²) in [4.78, 5) is 10.4. The van der Waals surface area contributed by atoms with E-state index in [0.717, 1.165) is 0 Å². The van der Waals surface area contributed by atoms with Crippen LogP contribution in [-0.2, 0) is 0 Å². The molecule has 0 saturated heterocycles. The summed E-state index contributed by atoms with van der Waals surface area (Å²) < 4.78 is 5.62. The van der Waals surface area contributed by atoms with Gasteiger partial charge in [0, 0.05) is 11.6 Å². The average molecular weight is 306 g/mol. The van der Waals surface area contributed by atoms with E-state index in [9.17, 15) is 10.1 Å². The first-order chi connectivity index (χ1) is 9.90. The highest BCUT2D eigenvalue weighted by Crippen LogP contribution is 2.34. The summed E-state index contributed by atoms with van der Waals surface area (Å²) >= 11 is 6.07. The van der Waals surface area contributed by atoms with E-state index in [1.807, 2.05) is 0 Å². The van der Waals surface area contributed by atoms with Gasteiger partial charge in [-0.25, -0.2) is 0 Å². The van der Waals surface area contributed by atoms with E-state index in [1.165, 1.54) is 18.2 Å². The topological polar surface area (TPSA) is 102 Å². The molecule has 0 fully saturated rings. The van der Waals surface area contributed by atoms with Crippen molar-refractivity contribution < 1.29 is 9.66 Å². The Kier molecular flexibility index (Phi) is 4.09. The number of hydrogen-bond donors (Lipinski definition) is 2. The molecular formula is C14H12ClN3O3. The molecule has 0 bridgehead atoms. The number of nitrogens with two attached hydrogens (primary N) is 1. The maximum Gasteiger partial charge on any atom is 0.276 e. The number of hydrogen-bond acceptors (Lipinski definition) is 4. The Morgan fingerprint density at radius 3 is 2.62 bits per heavy atom. The Morgan fingerprint density at radius 1 is 1.33 bits per heavy atom. The van der Waals surface area contributed by atoms with Crippen LogP contribution >= 0.6 is 11.6 Å². The van der Waals surface area contributed by atoms with Gasteiger partial charge in [-0.15, -0.1) is 0 Å². The summed E-state index contributed by atoms with van der Waals surface area (Å²) in [7, 11) is 0. The van der Waals surface area contributed by atoms with E-state index >= 15 is 0 Å². The second-order valence-corrected chi connectivity index (χ2v) is 4.73. The zero-order chi connectivity index (χ0) is 15.6. The lowest BCUT2D eigenvalue weighted by atomic mass is 10.1. The maximum absolute atomic E-state index is 10.9. The number of nitrogen functional groups attached to an aromatic ring is 1. The van der Waals surface area contributed by atoms with Crippen molar-refractivity contribution in [3.05, 3.63) is 62.7 Å². The van der Waals surface area contributed by atoms with Gasteiger partial charge in [0.05, 0.1) is 15.5 Å². The summed E-state index contributed by atoms with van der Waals surface area (Å²) in [5, 5.41) is 18.5. The van der Waals surface area contributed by atoms with Crippen molar-refractivity contribution in [2.45, 2.75) is 6.92 Å². The summed E-state index contributed by atoms with van der Waals surface area (Å²) in [6.07, 6.45) is 0. The molecule has 2 aromatic carbocycles. The van der Waals surface area contributed by atoms with E-state index in [4.69, 9.17) is 27.5 Å². The fraction of sp³-hybridized carbons (Fsp3) is 0.0714. The number of halogens is 1. The van der Waals surface area contributed by atoms with Gasteiger partial charge in [-0.2, -0.15) is 0 Å². The quantitative estimate of drug-likeness (QED) is 0.389. The smallest absolute Gasteiger partial charge is 0.276 e. The lowest BCUT2D eigenvalue weighted by Gasteiger charge is -2.11. The number of rotatable bonds is 4. The highest BCUT2D eigenvalue weighted by atomic mass is 35.5. The summed E-state index contributed by atoms with van der Waals surface area (Å²) in [5.41, 5.74) is 6.23. The SMILES string of the molecule is Cc1c(Oc2ccc(C(=N)N)cc2Cl)cccc1[N+](=O)[O-]. The number of amidine groups is 1. The minimum absolute atomic E-state index is 0.0241. The van der Waals surface area contributed by atoms with Crippen molar-refractivity contribution in [3.8, 4) is 11.5 Å². The molecule has 0 aliphatic rings. The lowest BCUT2D eigenvalue weighted by molar-refractivity contribution is -0.385. The van der Waals surface area contributed by atoms with Gasteiger partial charge in [0.15, 0.2) is 0 Å². The number of benzene rings is 2. The zero-order valence-electron chi connectivity index (χ0n) is 11.1. The molecule has 0 aromatic heterocycles. The molecule has 7 heteroatoms. The van der Waals surface area contributed by atoms with Gasteiger partial charge in [-0.1, -0.05) is 17.7 Å². The number of nitrogens with one attached hydrogen (secondary N) is 1. The second kappa shape index (κ2) is 5.80. The Hall–Kier alpha value is -2.60. The van der Waals surface area contributed by atoms with Gasteiger partial charge in [-0.05, 0) is 31.2 Å². The highest BCUT2D eigenvalue weighted by molar-refractivity contribution is 6.32. The van der Waals surface area contributed by atoms with Crippen LogP contribution in [0.5, 0.6) is 11.5 Å². The molecule has 0 atom stereocenters. The van der Waals surface area contributed by atoms with Gasteiger partial charge in [0.25, 0.3) is 5.69 Å². The number of ether oxygens (including phenoxy) is 1. The summed E-state index contributed by atoms with van der Waals surface area (Å²) in [6.45, 7) is 1.60. The molecule has 0 spiro atoms. The van der Waals surface area contributed by atoms with Crippen LogP contribution in [-0.4, -0.2) is 10.8 Å². The number of nitrogens with zero attached hydrogens (tertiary/aromatic N) is 1. The molecule has 3 N–H and O–H groups in total. The van der Waals surface area contributed by atoms with Crippen molar-refractivity contribution >= 4 is 23.1 Å². The molecule has 2 rings (SSSR count). The highest BCUT2D eigenvalue weighted by Gasteiger charge is 2.15. The molecular weight excluding hydrogens is 294 g/mol. The van der Waals surface area contributed by atoms with E-state index < -0.39 is 4.92 Å². The monoisotopic (exact) mass is 305 g/mol. The molecule has 0 heterocycles. The normalized spacial score (nSPS) is 10.2. The van der Waals surface area contributed by atoms with Crippen molar-refractivity contribution in [1.29, 1.82) is 5.41 Å². The van der Waals surface area contributed by atoms with Crippen molar-refractivity contribution in [2.24, 2.45) is 5.73 Å². The van der Waals surface area contributed by atoms with Gasteiger partial charge in [-0.3, -0.25) is 15.5 Å². The van der Waals surface area contributed by atoms with Crippen molar-refractivity contribution in [3.63, 3.8) is 0 Å². The predicted octanol–water partition coefficient (Wildman–Crippen LogP) is 3.63. The molecule has 2 aromatic rings. The molecule has 6 nitrogen and oxygen atoms in total. The second-order valence-electron chi connectivity index (χ2n) is 4.32. The van der Waals surface area contributed by atoms with E-state index in [-0.39, 0.29) is 16.5 Å². The van der Waals surface area contributed by atoms with Gasteiger partial charge in [0.1, 0.15) is 17.3 Å². The minimum Gasteiger partial charge on any atom is -0.455 e. The summed E-state index contributed by atoms with van der Waals surface area (Å²) in [6, 6.07) is 9.23. The molecule has 0 aliphatic heterocycles. The zero-order valence-corrected chi connectivity index (χ0v) is 11.8. The first-order valence-corrected chi connectivity index (χ1v) is 6.33. The molecule has 0 saturated carbocycles. The van der Waals surface area contributed by atoms with Crippen LogP contribution in [0.4, 0.5) is 5.69 Å². The standard InChI is InChI=1S/C14H12ClN3O3/c1-8-11(18(19)20)3-2-4-12(8)21-13-6-5-9(14(16)17)7-10(13)15/h2-7H,1H3,(H3,16,17). The Bertz CT molecular complexity index is 731. The molecule has 0 amide bonds. The van der Waals surface area contributed by atoms with Crippen LogP contribution in [0.2, 0.25) is 5.02 Å².